The number of amides is 1. The molecule has 1 amide bonds. The normalized spacial score (nSPS) is 17.8. The van der Waals surface area contributed by atoms with Gasteiger partial charge < -0.3 is 14.6 Å². The summed E-state index contributed by atoms with van der Waals surface area (Å²) in [5, 5.41) is 3.94. The van der Waals surface area contributed by atoms with E-state index in [1.807, 2.05) is 31.2 Å². The fourth-order valence-electron chi connectivity index (χ4n) is 3.16. The lowest BCUT2D eigenvalue weighted by atomic mass is 9.97. The van der Waals surface area contributed by atoms with Gasteiger partial charge in [-0.25, -0.2) is 9.97 Å². The van der Waals surface area contributed by atoms with Crippen LogP contribution in [0, 0.1) is 12.8 Å². The van der Waals surface area contributed by atoms with Crippen molar-refractivity contribution in [3.8, 4) is 0 Å². The minimum absolute atomic E-state index is 0.0234. The summed E-state index contributed by atoms with van der Waals surface area (Å²) < 4.78 is 5.50. The van der Waals surface area contributed by atoms with Crippen molar-refractivity contribution in [3.63, 3.8) is 0 Å². The average molecular weight is 356 g/mol. The Hall–Kier alpha value is -2.41. The number of aromatic nitrogens is 2. The van der Waals surface area contributed by atoms with Crippen molar-refractivity contribution in [3.05, 3.63) is 42.0 Å². The summed E-state index contributed by atoms with van der Waals surface area (Å²) in [7, 11) is 0. The van der Waals surface area contributed by atoms with E-state index in [1.54, 1.807) is 17.5 Å². The summed E-state index contributed by atoms with van der Waals surface area (Å²) in [6.45, 7) is 3.97. The monoisotopic (exact) mass is 356 g/mol. The first-order valence-electron chi connectivity index (χ1n) is 8.48. The minimum Gasteiger partial charge on any atom is -0.465 e. The molecule has 0 spiro atoms. The molecule has 4 rings (SSSR count). The highest BCUT2D eigenvalue weighted by molar-refractivity contribution is 7.21. The largest absolute Gasteiger partial charge is 0.465 e. The summed E-state index contributed by atoms with van der Waals surface area (Å²) in [6.07, 6.45) is 3.68. The number of nitrogens with zero attached hydrogens (tertiary/aromatic N) is 3. The topological polar surface area (TPSA) is 71.3 Å². The van der Waals surface area contributed by atoms with E-state index in [0.29, 0.717) is 13.1 Å². The van der Waals surface area contributed by atoms with Crippen molar-refractivity contribution in [1.29, 1.82) is 0 Å². The molecule has 0 bridgehead atoms. The van der Waals surface area contributed by atoms with Gasteiger partial charge in [0, 0.05) is 19.3 Å². The number of furan rings is 1. The number of fused-ring (bicyclic) bond motifs is 1. The molecule has 0 radical (unpaired) electrons. The number of nitrogens with one attached hydrogen (secondary N) is 1. The van der Waals surface area contributed by atoms with Gasteiger partial charge in [-0.3, -0.25) is 4.79 Å². The Morgan fingerprint density at radius 1 is 1.44 bits per heavy atom. The second kappa shape index (κ2) is 6.84. The molecule has 1 aliphatic heterocycles. The maximum absolute atomic E-state index is 12.5. The van der Waals surface area contributed by atoms with E-state index in [2.05, 4.69) is 20.2 Å². The third-order valence-electron chi connectivity index (χ3n) is 4.45. The first-order chi connectivity index (χ1) is 12.2. The van der Waals surface area contributed by atoms with Gasteiger partial charge in [0.2, 0.25) is 5.91 Å². The summed E-state index contributed by atoms with van der Waals surface area (Å²) in [5.41, 5.74) is 0.919. The number of anilines is 1. The molecule has 130 valence electrons. The summed E-state index contributed by atoms with van der Waals surface area (Å²) in [5.74, 6) is 1.70. The molecule has 0 aromatic carbocycles. The summed E-state index contributed by atoms with van der Waals surface area (Å²) in [4.78, 5) is 24.7. The van der Waals surface area contributed by atoms with E-state index in [9.17, 15) is 4.79 Å². The van der Waals surface area contributed by atoms with E-state index in [4.69, 9.17) is 4.42 Å². The molecular formula is C18H20N4O2S. The molecule has 25 heavy (non-hydrogen) atoms. The van der Waals surface area contributed by atoms with Crippen molar-refractivity contribution in [2.75, 3.05) is 18.0 Å². The highest BCUT2D eigenvalue weighted by atomic mass is 32.1. The number of carbonyl (C=O) groups excluding carboxylic acids is 1. The molecule has 3 aromatic rings. The lowest BCUT2D eigenvalue weighted by Crippen LogP contribution is -2.42. The highest BCUT2D eigenvalue weighted by Crippen LogP contribution is 2.30. The standard InChI is InChI=1S/C18H20N4O2S/c1-12-6-7-14(24-12)10-20-16(23)13-4-3-9-22(11-13)18-21-15-5-2-8-19-17(15)25-18/h2,5-8,13H,3-4,9-11H2,1H3,(H,20,23)/t13-/m0/s1. The molecule has 1 saturated heterocycles. The Morgan fingerprint density at radius 3 is 3.16 bits per heavy atom. The average Bonchev–Trinajstić information content (AvgIpc) is 3.25. The summed E-state index contributed by atoms with van der Waals surface area (Å²) >= 11 is 1.59. The Balaban J connectivity index is 1.40. The SMILES string of the molecule is Cc1ccc(CNC(=O)[C@H]2CCCN(c3nc4cccnc4s3)C2)o1. The third kappa shape index (κ3) is 3.51. The van der Waals surface area contributed by atoms with Crippen molar-refractivity contribution in [2.45, 2.75) is 26.3 Å². The number of pyridine rings is 1. The molecule has 0 aliphatic carbocycles. The number of hydrogen-bond acceptors (Lipinski definition) is 6. The van der Waals surface area contributed by atoms with E-state index < -0.39 is 0 Å². The third-order valence-corrected chi connectivity index (χ3v) is 5.49. The zero-order chi connectivity index (χ0) is 17.2. The maximum atomic E-state index is 12.5. The molecule has 1 N–H and O–H groups in total. The van der Waals surface area contributed by atoms with Crippen LogP contribution in [0.15, 0.2) is 34.9 Å². The van der Waals surface area contributed by atoms with Crippen molar-refractivity contribution in [2.24, 2.45) is 5.92 Å². The highest BCUT2D eigenvalue weighted by Gasteiger charge is 2.27. The molecule has 1 aliphatic rings. The van der Waals surface area contributed by atoms with Gasteiger partial charge >= 0.3 is 0 Å². The molecular weight excluding hydrogens is 336 g/mol. The maximum Gasteiger partial charge on any atom is 0.225 e. The van der Waals surface area contributed by atoms with Crippen molar-refractivity contribution in [1.82, 2.24) is 15.3 Å². The van der Waals surface area contributed by atoms with Gasteiger partial charge in [-0.15, -0.1) is 0 Å². The molecule has 7 heteroatoms. The lowest BCUT2D eigenvalue weighted by Gasteiger charge is -2.31. The van der Waals surface area contributed by atoms with Gasteiger partial charge in [-0.2, -0.15) is 0 Å². The van der Waals surface area contributed by atoms with Crippen LogP contribution in [0.25, 0.3) is 10.3 Å². The Bertz CT molecular complexity index is 855. The zero-order valence-electron chi connectivity index (χ0n) is 14.1. The number of aryl methyl sites for hydroxylation is 1. The minimum atomic E-state index is -0.0234. The molecule has 0 saturated carbocycles. The van der Waals surface area contributed by atoms with Gasteiger partial charge in [0.05, 0.1) is 12.5 Å². The van der Waals surface area contributed by atoms with Gasteiger partial charge in [-0.05, 0) is 44.0 Å². The van der Waals surface area contributed by atoms with Gasteiger partial charge in [-0.1, -0.05) is 11.3 Å². The smallest absolute Gasteiger partial charge is 0.225 e. The lowest BCUT2D eigenvalue weighted by molar-refractivity contribution is -0.125. The summed E-state index contributed by atoms with van der Waals surface area (Å²) in [6, 6.07) is 7.68. The number of rotatable bonds is 4. The first-order valence-corrected chi connectivity index (χ1v) is 9.30. The fourth-order valence-corrected chi connectivity index (χ4v) is 4.10. The van der Waals surface area contributed by atoms with Crippen LogP contribution in [0.3, 0.4) is 0 Å². The van der Waals surface area contributed by atoms with Crippen LogP contribution in [0.2, 0.25) is 0 Å². The number of carbonyl (C=O) groups is 1. The first kappa shape index (κ1) is 16.1. The number of thiazole rings is 1. The van der Waals surface area contributed by atoms with E-state index in [1.165, 1.54) is 0 Å². The van der Waals surface area contributed by atoms with Gasteiger partial charge in [0.25, 0.3) is 0 Å². The van der Waals surface area contributed by atoms with E-state index >= 15 is 0 Å². The molecule has 0 unspecified atom stereocenters. The molecule has 3 aromatic heterocycles. The van der Waals surface area contributed by atoms with Crippen molar-refractivity contribution >= 4 is 32.7 Å². The zero-order valence-corrected chi connectivity index (χ0v) is 14.9. The second-order valence-electron chi connectivity index (χ2n) is 6.34. The van der Waals surface area contributed by atoms with E-state index in [-0.39, 0.29) is 11.8 Å². The molecule has 4 heterocycles. The fraction of sp³-hybridized carbons (Fsp3) is 0.389. The van der Waals surface area contributed by atoms with Crippen molar-refractivity contribution < 1.29 is 9.21 Å². The van der Waals surface area contributed by atoms with Crippen LogP contribution in [-0.4, -0.2) is 29.0 Å². The predicted octanol–water partition coefficient (Wildman–Crippen LogP) is 3.13. The van der Waals surface area contributed by atoms with Crippen LogP contribution in [0.5, 0.6) is 0 Å². The number of piperidine rings is 1. The number of hydrogen-bond donors (Lipinski definition) is 1. The van der Waals surface area contributed by atoms with Crippen LogP contribution in [0.1, 0.15) is 24.4 Å². The van der Waals surface area contributed by atoms with Gasteiger partial charge in [0.1, 0.15) is 21.9 Å². The Labute approximate surface area is 149 Å². The quantitative estimate of drug-likeness (QED) is 0.778. The van der Waals surface area contributed by atoms with Crippen LogP contribution < -0.4 is 10.2 Å². The molecule has 1 fully saturated rings. The van der Waals surface area contributed by atoms with Crippen LogP contribution in [0.4, 0.5) is 5.13 Å². The second-order valence-corrected chi connectivity index (χ2v) is 7.30. The predicted molar refractivity (Wildman–Crippen MR) is 97.6 cm³/mol. The Morgan fingerprint density at radius 2 is 2.36 bits per heavy atom. The Kier molecular flexibility index (Phi) is 4.40. The van der Waals surface area contributed by atoms with Crippen LogP contribution >= 0.6 is 11.3 Å². The molecule has 1 atom stereocenters. The van der Waals surface area contributed by atoms with E-state index in [0.717, 1.165) is 46.4 Å². The van der Waals surface area contributed by atoms with Gasteiger partial charge in [0.15, 0.2) is 5.13 Å². The molecule has 6 nitrogen and oxygen atoms in total. The van der Waals surface area contributed by atoms with Crippen LogP contribution in [-0.2, 0) is 11.3 Å².